The molecule has 0 saturated carbocycles. The molecule has 0 saturated heterocycles. The van der Waals surface area contributed by atoms with Crippen molar-refractivity contribution in [3.8, 4) is 0 Å². The van der Waals surface area contributed by atoms with Gasteiger partial charge in [-0.25, -0.2) is 0 Å². The van der Waals surface area contributed by atoms with E-state index in [1.807, 2.05) is 32.0 Å². The third-order valence-electron chi connectivity index (χ3n) is 4.26. The maximum Gasteiger partial charge on any atom is 0.246 e. The van der Waals surface area contributed by atoms with E-state index in [0.717, 1.165) is 21.4 Å². The number of amides is 2. The van der Waals surface area contributed by atoms with Crippen LogP contribution >= 0.6 is 27.5 Å². The van der Waals surface area contributed by atoms with E-state index in [0.29, 0.717) is 23.2 Å². The molecule has 2 amide bonds. The predicted octanol–water partition coefficient (Wildman–Crippen LogP) is 4.68. The molecule has 0 atom stereocenters. The fraction of sp³-hybridized carbons (Fsp3) is 0.381. The van der Waals surface area contributed by atoms with Crippen molar-refractivity contribution >= 4 is 51.1 Å². The normalized spacial score (nSPS) is 11.3. The van der Waals surface area contributed by atoms with Crippen LogP contribution in [-0.2, 0) is 16.1 Å². The Balaban J connectivity index is 2.00. The summed E-state index contributed by atoms with van der Waals surface area (Å²) in [7, 11) is 1.58. The second-order valence-electron chi connectivity index (χ2n) is 7.40. The number of aryl methyl sites for hydroxylation is 2. The van der Waals surface area contributed by atoms with Gasteiger partial charge in [-0.05, 0) is 49.6 Å². The van der Waals surface area contributed by atoms with Gasteiger partial charge in [-0.1, -0.05) is 41.4 Å². The van der Waals surface area contributed by atoms with Gasteiger partial charge in [0.25, 0.3) is 0 Å². The fourth-order valence-corrected chi connectivity index (χ4v) is 3.54. The molecule has 8 heteroatoms. The molecule has 29 heavy (non-hydrogen) atoms. The Kier molecular flexibility index (Phi) is 8.05. The number of nitrogens with zero attached hydrogens (tertiary/aromatic N) is 3. The molecule has 0 aliphatic heterocycles. The van der Waals surface area contributed by atoms with Gasteiger partial charge in [-0.15, -0.1) is 0 Å². The van der Waals surface area contributed by atoms with Crippen molar-refractivity contribution in [1.82, 2.24) is 14.7 Å². The summed E-state index contributed by atoms with van der Waals surface area (Å²) < 4.78 is 2.68. The van der Waals surface area contributed by atoms with Gasteiger partial charge in [0.2, 0.25) is 11.8 Å². The number of hydrogen-bond acceptors (Lipinski definition) is 3. The molecule has 1 heterocycles. The number of carbonyl (C=O) groups excluding carboxylic acids is 2. The molecule has 0 spiro atoms. The van der Waals surface area contributed by atoms with E-state index in [2.05, 4.69) is 40.2 Å². The first-order valence-electron chi connectivity index (χ1n) is 9.30. The van der Waals surface area contributed by atoms with E-state index in [-0.39, 0.29) is 18.4 Å². The van der Waals surface area contributed by atoms with Gasteiger partial charge in [0, 0.05) is 35.4 Å². The van der Waals surface area contributed by atoms with E-state index < -0.39 is 0 Å². The van der Waals surface area contributed by atoms with E-state index >= 15 is 0 Å². The van der Waals surface area contributed by atoms with Crippen molar-refractivity contribution in [2.24, 2.45) is 5.92 Å². The van der Waals surface area contributed by atoms with Crippen molar-refractivity contribution < 1.29 is 9.59 Å². The van der Waals surface area contributed by atoms with Gasteiger partial charge in [0.15, 0.2) is 0 Å². The average molecular weight is 482 g/mol. The van der Waals surface area contributed by atoms with E-state index in [1.54, 1.807) is 17.8 Å². The lowest BCUT2D eigenvalue weighted by Gasteiger charge is -2.15. The summed E-state index contributed by atoms with van der Waals surface area (Å²) >= 11 is 9.79. The van der Waals surface area contributed by atoms with Crippen molar-refractivity contribution in [2.45, 2.75) is 34.2 Å². The Morgan fingerprint density at radius 3 is 2.66 bits per heavy atom. The van der Waals surface area contributed by atoms with Crippen LogP contribution in [0.4, 0.5) is 5.69 Å². The summed E-state index contributed by atoms with van der Waals surface area (Å²) in [6, 6.07) is 5.59. The lowest BCUT2D eigenvalue weighted by molar-refractivity contribution is -0.129. The molecule has 0 aliphatic rings. The third kappa shape index (κ3) is 6.44. The number of nitrogens with one attached hydrogen (secondary N) is 1. The standard InChI is InChI=1S/C21H26BrClN4O2/c1-13(2)11-27-21(23)17(15(4)25-27)7-9-20(29)26(5)12-19(28)24-18-8-6-16(22)10-14(18)3/h6-10,13H,11-12H2,1-5H3,(H,24,28)/b9-7+. The number of carbonyl (C=O) groups is 2. The molecule has 1 N–H and O–H groups in total. The molecule has 0 radical (unpaired) electrons. The minimum Gasteiger partial charge on any atom is -0.333 e. The fourth-order valence-electron chi connectivity index (χ4n) is 2.76. The van der Waals surface area contributed by atoms with Crippen molar-refractivity contribution in [2.75, 3.05) is 18.9 Å². The highest BCUT2D eigenvalue weighted by atomic mass is 79.9. The summed E-state index contributed by atoms with van der Waals surface area (Å²) in [5.74, 6) is -0.150. The molecule has 1 aromatic carbocycles. The number of aromatic nitrogens is 2. The Hall–Kier alpha value is -2.12. The van der Waals surface area contributed by atoms with Gasteiger partial charge in [0.1, 0.15) is 5.15 Å². The van der Waals surface area contributed by atoms with Gasteiger partial charge in [-0.3, -0.25) is 14.3 Å². The lowest BCUT2D eigenvalue weighted by Crippen LogP contribution is -2.34. The smallest absolute Gasteiger partial charge is 0.246 e. The molecule has 156 valence electrons. The third-order valence-corrected chi connectivity index (χ3v) is 5.15. The van der Waals surface area contributed by atoms with E-state index in [4.69, 9.17) is 11.6 Å². The topological polar surface area (TPSA) is 67.2 Å². The first kappa shape index (κ1) is 23.2. The molecular formula is C21H26BrClN4O2. The largest absolute Gasteiger partial charge is 0.333 e. The minimum atomic E-state index is -0.292. The van der Waals surface area contributed by atoms with Gasteiger partial charge >= 0.3 is 0 Å². The summed E-state index contributed by atoms with van der Waals surface area (Å²) in [6.07, 6.45) is 3.06. The molecule has 0 aliphatic carbocycles. The minimum absolute atomic E-state index is 0.0575. The number of likely N-dealkylation sites (N-methyl/N-ethyl adjacent to an activating group) is 1. The zero-order chi connectivity index (χ0) is 21.7. The van der Waals surface area contributed by atoms with Crippen molar-refractivity contribution in [3.63, 3.8) is 0 Å². The zero-order valence-corrected chi connectivity index (χ0v) is 19.6. The molecule has 0 bridgehead atoms. The Morgan fingerprint density at radius 2 is 2.03 bits per heavy atom. The van der Waals surface area contributed by atoms with Gasteiger partial charge < -0.3 is 10.2 Å². The quantitative estimate of drug-likeness (QED) is 0.584. The van der Waals surface area contributed by atoms with Crippen LogP contribution in [0.15, 0.2) is 28.7 Å². The lowest BCUT2D eigenvalue weighted by atomic mass is 10.2. The highest BCUT2D eigenvalue weighted by molar-refractivity contribution is 9.10. The summed E-state index contributed by atoms with van der Waals surface area (Å²) in [4.78, 5) is 26.0. The van der Waals surface area contributed by atoms with Gasteiger partial charge in [-0.2, -0.15) is 5.10 Å². The van der Waals surface area contributed by atoms with Crippen LogP contribution < -0.4 is 5.32 Å². The van der Waals surface area contributed by atoms with E-state index in [9.17, 15) is 9.59 Å². The highest BCUT2D eigenvalue weighted by Crippen LogP contribution is 2.22. The predicted molar refractivity (Wildman–Crippen MR) is 121 cm³/mol. The summed E-state index contributed by atoms with van der Waals surface area (Å²) in [5.41, 5.74) is 3.12. The van der Waals surface area contributed by atoms with Crippen molar-refractivity contribution in [1.29, 1.82) is 0 Å². The average Bonchev–Trinajstić information content (AvgIpc) is 2.88. The van der Waals surface area contributed by atoms with Crippen LogP contribution in [0.1, 0.15) is 30.7 Å². The molecule has 6 nitrogen and oxygen atoms in total. The first-order valence-corrected chi connectivity index (χ1v) is 10.5. The maximum absolute atomic E-state index is 12.4. The number of anilines is 1. The van der Waals surface area contributed by atoms with Crippen LogP contribution in [-0.4, -0.2) is 40.1 Å². The van der Waals surface area contributed by atoms with Crippen LogP contribution in [0.25, 0.3) is 6.08 Å². The molecule has 2 aromatic rings. The highest BCUT2D eigenvalue weighted by Gasteiger charge is 2.15. The van der Waals surface area contributed by atoms with Gasteiger partial charge in [0.05, 0.1) is 12.2 Å². The van der Waals surface area contributed by atoms with Crippen LogP contribution in [0.5, 0.6) is 0 Å². The second kappa shape index (κ2) is 10.1. The Labute approximate surface area is 185 Å². The molecule has 2 rings (SSSR count). The number of benzene rings is 1. The second-order valence-corrected chi connectivity index (χ2v) is 8.67. The number of hydrogen-bond donors (Lipinski definition) is 1. The van der Waals surface area contributed by atoms with Crippen molar-refractivity contribution in [3.05, 3.63) is 50.7 Å². The van der Waals surface area contributed by atoms with Crippen LogP contribution in [0, 0.1) is 19.8 Å². The van der Waals surface area contributed by atoms with Crippen LogP contribution in [0.2, 0.25) is 5.15 Å². The first-order chi connectivity index (χ1) is 13.6. The maximum atomic E-state index is 12.4. The summed E-state index contributed by atoms with van der Waals surface area (Å²) in [5, 5.41) is 7.75. The molecule has 1 aromatic heterocycles. The Bertz CT molecular complexity index is 937. The monoisotopic (exact) mass is 480 g/mol. The Morgan fingerprint density at radius 1 is 1.34 bits per heavy atom. The molecular weight excluding hydrogens is 456 g/mol. The zero-order valence-electron chi connectivity index (χ0n) is 17.3. The molecule has 0 fully saturated rings. The van der Waals surface area contributed by atoms with E-state index in [1.165, 1.54) is 11.0 Å². The number of rotatable bonds is 7. The summed E-state index contributed by atoms with van der Waals surface area (Å²) in [6.45, 7) is 8.58. The molecule has 0 unspecified atom stereocenters. The van der Waals surface area contributed by atoms with Crippen LogP contribution in [0.3, 0.4) is 0 Å². The SMILES string of the molecule is Cc1cc(Br)ccc1NC(=O)CN(C)C(=O)/C=C/c1c(C)nn(CC(C)C)c1Cl. The number of halogens is 2.